The third-order valence-electron chi connectivity index (χ3n) is 6.05. The van der Waals surface area contributed by atoms with E-state index < -0.39 is 0 Å². The van der Waals surface area contributed by atoms with Crippen molar-refractivity contribution in [2.24, 2.45) is 0 Å². The molecular weight excluding hydrogens is 480 g/mol. The van der Waals surface area contributed by atoms with Crippen molar-refractivity contribution in [2.45, 2.75) is 30.4 Å². The fourth-order valence-corrected chi connectivity index (χ4v) is 5.50. The number of hydrogen-bond acceptors (Lipinski definition) is 4. The summed E-state index contributed by atoms with van der Waals surface area (Å²) < 4.78 is 5.56. The summed E-state index contributed by atoms with van der Waals surface area (Å²) in [5, 5.41) is 3.58. The number of hydrogen-bond donors (Lipinski definition) is 1. The molecule has 178 valence electrons. The van der Waals surface area contributed by atoms with Crippen molar-refractivity contribution in [3.8, 4) is 0 Å². The highest BCUT2D eigenvalue weighted by Crippen LogP contribution is 2.42. The van der Waals surface area contributed by atoms with Gasteiger partial charge in [0, 0.05) is 28.6 Å². The first-order valence-electron chi connectivity index (χ1n) is 11.6. The smallest absolute Gasteiger partial charge is 0.265 e. The molecule has 1 fully saturated rings. The van der Waals surface area contributed by atoms with E-state index in [0.717, 1.165) is 41.2 Å². The maximum atomic E-state index is 13.5. The van der Waals surface area contributed by atoms with Gasteiger partial charge in [-0.1, -0.05) is 59.8 Å². The number of benzene rings is 3. The Morgan fingerprint density at radius 1 is 1.11 bits per heavy atom. The van der Waals surface area contributed by atoms with Gasteiger partial charge < -0.3 is 15.0 Å². The largest absolute Gasteiger partial charge is 0.376 e. The number of para-hydroxylation sites is 1. The van der Waals surface area contributed by atoms with Crippen LogP contribution in [0.25, 0.3) is 6.08 Å². The van der Waals surface area contributed by atoms with E-state index in [0.29, 0.717) is 28.6 Å². The van der Waals surface area contributed by atoms with E-state index in [-0.39, 0.29) is 17.9 Å². The maximum absolute atomic E-state index is 13.5. The number of rotatable bonds is 6. The Kier molecular flexibility index (Phi) is 7.23. The number of halogens is 1. The standard InChI is InChI=1S/C28H25ClN2O3S/c29-22-6-3-5-20(15-22)18-31-24-8-1-2-9-25(24)35-26(28(31)33)16-19-10-12-21(13-11-19)27(32)30-17-23-7-4-14-34-23/h1-3,5-6,8-13,15-16,23H,4,7,14,17-18H2,(H,30,32)/b26-16-/t23-/m1/s1. The van der Waals surface area contributed by atoms with Gasteiger partial charge in [-0.3, -0.25) is 9.59 Å². The van der Waals surface area contributed by atoms with Gasteiger partial charge >= 0.3 is 0 Å². The van der Waals surface area contributed by atoms with E-state index in [1.54, 1.807) is 17.0 Å². The van der Waals surface area contributed by atoms with Gasteiger partial charge in [-0.25, -0.2) is 0 Å². The molecule has 0 aliphatic carbocycles. The number of nitrogens with one attached hydrogen (secondary N) is 1. The SMILES string of the molecule is O=C(NC[C@H]1CCCO1)c1ccc(/C=C2\Sc3ccccc3N(Cc3cccc(Cl)c3)C2=O)cc1. The number of nitrogens with zero attached hydrogens (tertiary/aromatic N) is 1. The molecule has 1 atom stereocenters. The van der Waals surface area contributed by atoms with Gasteiger partial charge in [0.2, 0.25) is 0 Å². The van der Waals surface area contributed by atoms with Crippen molar-refractivity contribution in [1.82, 2.24) is 5.32 Å². The number of anilines is 1. The van der Waals surface area contributed by atoms with Crippen molar-refractivity contribution >= 4 is 46.9 Å². The minimum absolute atomic E-state index is 0.0629. The second kappa shape index (κ2) is 10.7. The molecule has 35 heavy (non-hydrogen) atoms. The second-order valence-corrected chi connectivity index (χ2v) is 10.1. The zero-order chi connectivity index (χ0) is 24.2. The Bertz CT molecular complexity index is 1270. The topological polar surface area (TPSA) is 58.6 Å². The number of amides is 2. The summed E-state index contributed by atoms with van der Waals surface area (Å²) in [6.07, 6.45) is 4.01. The zero-order valence-corrected chi connectivity index (χ0v) is 20.6. The number of thioether (sulfide) groups is 1. The van der Waals surface area contributed by atoms with Crippen LogP contribution in [0.1, 0.15) is 34.3 Å². The van der Waals surface area contributed by atoms with E-state index in [1.165, 1.54) is 11.8 Å². The minimum atomic E-state index is -0.121. The van der Waals surface area contributed by atoms with Crippen LogP contribution in [-0.4, -0.2) is 31.1 Å². The predicted octanol–water partition coefficient (Wildman–Crippen LogP) is 5.93. The molecular formula is C28H25ClN2O3S. The first-order chi connectivity index (χ1) is 17.1. The molecule has 1 N–H and O–H groups in total. The maximum Gasteiger partial charge on any atom is 0.265 e. The van der Waals surface area contributed by atoms with Crippen LogP contribution in [0.4, 0.5) is 5.69 Å². The van der Waals surface area contributed by atoms with Gasteiger partial charge in [0.25, 0.3) is 11.8 Å². The molecule has 2 aliphatic rings. The summed E-state index contributed by atoms with van der Waals surface area (Å²) in [6, 6.07) is 22.8. The summed E-state index contributed by atoms with van der Waals surface area (Å²) in [6.45, 7) is 1.72. The molecule has 1 saturated heterocycles. The molecule has 5 rings (SSSR count). The van der Waals surface area contributed by atoms with E-state index in [9.17, 15) is 9.59 Å². The quantitative estimate of drug-likeness (QED) is 0.423. The van der Waals surface area contributed by atoms with Crippen LogP contribution in [0.3, 0.4) is 0 Å². The van der Waals surface area contributed by atoms with E-state index in [4.69, 9.17) is 16.3 Å². The van der Waals surface area contributed by atoms with E-state index in [2.05, 4.69) is 5.32 Å². The van der Waals surface area contributed by atoms with E-state index in [1.807, 2.05) is 66.7 Å². The van der Waals surface area contributed by atoms with Crippen molar-refractivity contribution in [3.05, 3.63) is 99.4 Å². The molecule has 2 heterocycles. The van der Waals surface area contributed by atoms with Gasteiger partial charge in [0.15, 0.2) is 0 Å². The van der Waals surface area contributed by atoms with Crippen LogP contribution in [0.2, 0.25) is 5.02 Å². The van der Waals surface area contributed by atoms with Crippen molar-refractivity contribution in [3.63, 3.8) is 0 Å². The highest BCUT2D eigenvalue weighted by Gasteiger charge is 2.29. The molecule has 0 spiro atoms. The lowest BCUT2D eigenvalue weighted by Gasteiger charge is -2.30. The number of carbonyl (C=O) groups excluding carboxylic acids is 2. The first-order valence-corrected chi connectivity index (χ1v) is 12.8. The Morgan fingerprint density at radius 3 is 2.71 bits per heavy atom. The summed E-state index contributed by atoms with van der Waals surface area (Å²) in [4.78, 5) is 29.4. The van der Waals surface area contributed by atoms with Gasteiger partial charge in [0.05, 0.1) is 23.2 Å². The first kappa shape index (κ1) is 23.7. The summed E-state index contributed by atoms with van der Waals surface area (Å²) in [5.41, 5.74) is 3.29. The molecule has 0 bridgehead atoms. The lowest BCUT2D eigenvalue weighted by Crippen LogP contribution is -2.33. The highest BCUT2D eigenvalue weighted by molar-refractivity contribution is 8.04. The fraction of sp³-hybridized carbons (Fsp3) is 0.214. The molecule has 5 nitrogen and oxygen atoms in total. The molecule has 0 unspecified atom stereocenters. The summed E-state index contributed by atoms with van der Waals surface area (Å²) in [5.74, 6) is -0.184. The number of ether oxygens (including phenoxy) is 1. The van der Waals surface area contributed by atoms with E-state index >= 15 is 0 Å². The van der Waals surface area contributed by atoms with Crippen molar-refractivity contribution in [1.29, 1.82) is 0 Å². The number of fused-ring (bicyclic) bond motifs is 1. The molecule has 2 amide bonds. The molecule has 0 saturated carbocycles. The van der Waals surface area contributed by atoms with Crippen LogP contribution < -0.4 is 10.2 Å². The Hall–Kier alpha value is -3.06. The average Bonchev–Trinajstić information content (AvgIpc) is 3.39. The number of carbonyl (C=O) groups is 2. The molecule has 3 aromatic rings. The van der Waals surface area contributed by atoms with Crippen LogP contribution in [-0.2, 0) is 16.1 Å². The van der Waals surface area contributed by atoms with Crippen molar-refractivity contribution in [2.75, 3.05) is 18.1 Å². The molecule has 0 aromatic heterocycles. The lowest BCUT2D eigenvalue weighted by molar-refractivity contribution is -0.114. The van der Waals surface area contributed by atoms with Gasteiger partial charge in [-0.2, -0.15) is 0 Å². The molecule has 7 heteroatoms. The van der Waals surface area contributed by atoms with Crippen LogP contribution in [0.15, 0.2) is 82.6 Å². The minimum Gasteiger partial charge on any atom is -0.376 e. The molecule has 2 aliphatic heterocycles. The second-order valence-electron chi connectivity index (χ2n) is 8.57. The lowest BCUT2D eigenvalue weighted by atomic mass is 10.1. The van der Waals surface area contributed by atoms with Crippen LogP contribution in [0.5, 0.6) is 0 Å². The normalized spacial score (nSPS) is 18.5. The van der Waals surface area contributed by atoms with Gasteiger partial charge in [0.1, 0.15) is 0 Å². The highest BCUT2D eigenvalue weighted by atomic mass is 35.5. The Balaban J connectivity index is 1.34. The fourth-order valence-electron chi connectivity index (χ4n) is 4.23. The van der Waals surface area contributed by atoms with Gasteiger partial charge in [-0.15, -0.1) is 0 Å². The van der Waals surface area contributed by atoms with Gasteiger partial charge in [-0.05, 0) is 66.4 Å². The summed E-state index contributed by atoms with van der Waals surface area (Å²) in [7, 11) is 0. The Labute approximate surface area is 214 Å². The Morgan fingerprint density at radius 2 is 1.94 bits per heavy atom. The van der Waals surface area contributed by atoms with Crippen molar-refractivity contribution < 1.29 is 14.3 Å². The monoisotopic (exact) mass is 504 g/mol. The zero-order valence-electron chi connectivity index (χ0n) is 19.1. The predicted molar refractivity (Wildman–Crippen MR) is 141 cm³/mol. The third-order valence-corrected chi connectivity index (χ3v) is 7.36. The third kappa shape index (κ3) is 5.61. The average molecular weight is 505 g/mol. The van der Waals surface area contributed by atoms with Crippen LogP contribution in [0, 0.1) is 0 Å². The summed E-state index contributed by atoms with van der Waals surface area (Å²) >= 11 is 7.63. The van der Waals surface area contributed by atoms with Crippen LogP contribution >= 0.6 is 23.4 Å². The molecule has 3 aromatic carbocycles. The molecule has 0 radical (unpaired) electrons.